The number of carboxylic acid groups (broad SMARTS) is 1. The molecule has 2 atom stereocenters. The fourth-order valence-electron chi connectivity index (χ4n) is 1.12. The normalized spacial score (nSPS) is 22.3. The molecule has 16 heavy (non-hydrogen) atoms. The van der Waals surface area contributed by atoms with E-state index in [1.165, 1.54) is 0 Å². The van der Waals surface area contributed by atoms with Crippen molar-refractivity contribution in [3.63, 3.8) is 0 Å². The van der Waals surface area contributed by atoms with Gasteiger partial charge in [0, 0.05) is 6.04 Å². The lowest BCUT2D eigenvalue weighted by Crippen LogP contribution is -2.42. The van der Waals surface area contributed by atoms with Crippen molar-refractivity contribution in [3.8, 4) is 0 Å². The van der Waals surface area contributed by atoms with E-state index >= 15 is 0 Å². The van der Waals surface area contributed by atoms with E-state index in [9.17, 15) is 14.4 Å². The molecule has 0 aromatic rings. The highest BCUT2D eigenvalue weighted by atomic mass is 16.5. The average molecular weight is 230 g/mol. The summed E-state index contributed by atoms with van der Waals surface area (Å²) in [4.78, 5) is 32.2. The first-order valence-corrected chi connectivity index (χ1v) is 4.89. The molecule has 1 aliphatic rings. The number of rotatable bonds is 5. The Morgan fingerprint density at radius 1 is 1.38 bits per heavy atom. The summed E-state index contributed by atoms with van der Waals surface area (Å²) in [6.07, 6.45) is 0.914. The van der Waals surface area contributed by atoms with Crippen molar-refractivity contribution < 1.29 is 24.2 Å². The van der Waals surface area contributed by atoms with Crippen LogP contribution in [0.3, 0.4) is 0 Å². The van der Waals surface area contributed by atoms with Gasteiger partial charge in [0.25, 0.3) is 5.91 Å². The topological polar surface area (TPSA) is 105 Å². The van der Waals surface area contributed by atoms with E-state index in [-0.39, 0.29) is 6.04 Å². The maximum Gasteiger partial charge on any atom is 0.329 e. The second-order valence-electron chi connectivity index (χ2n) is 3.73. The van der Waals surface area contributed by atoms with Crippen molar-refractivity contribution in [2.75, 3.05) is 13.2 Å². The Hall–Kier alpha value is -1.63. The molecular formula is C9H14N2O5. The summed E-state index contributed by atoms with van der Waals surface area (Å²) in [5.74, 6) is -1.37. The molecule has 7 nitrogen and oxygen atoms in total. The zero-order chi connectivity index (χ0) is 12.1. The van der Waals surface area contributed by atoms with Crippen molar-refractivity contribution >= 4 is 17.9 Å². The molecule has 0 heterocycles. The number of aliphatic carboxylic acids is 1. The van der Waals surface area contributed by atoms with E-state index in [0.717, 1.165) is 6.42 Å². The minimum absolute atomic E-state index is 0.132. The van der Waals surface area contributed by atoms with Gasteiger partial charge in [0.15, 0.2) is 0 Å². The maximum absolute atomic E-state index is 11.1. The van der Waals surface area contributed by atoms with Crippen LogP contribution in [0.5, 0.6) is 0 Å². The number of ether oxygens (including phenoxy) is 1. The summed E-state index contributed by atoms with van der Waals surface area (Å²) in [6, 6.07) is -0.439. The molecule has 1 fully saturated rings. The highest BCUT2D eigenvalue weighted by molar-refractivity contribution is 5.95. The van der Waals surface area contributed by atoms with Crippen LogP contribution in [0.25, 0.3) is 0 Å². The van der Waals surface area contributed by atoms with Gasteiger partial charge in [0.2, 0.25) is 0 Å². The highest BCUT2D eigenvalue weighted by Gasteiger charge is 2.34. The van der Waals surface area contributed by atoms with Crippen LogP contribution in [0.1, 0.15) is 13.3 Å². The number of imide groups is 1. The first-order valence-electron chi connectivity index (χ1n) is 4.89. The Balaban J connectivity index is 2.08. The molecule has 7 heteroatoms. The molecule has 3 N–H and O–H groups in total. The number of urea groups is 1. The van der Waals surface area contributed by atoms with Crippen molar-refractivity contribution in [1.29, 1.82) is 0 Å². The second-order valence-corrected chi connectivity index (χ2v) is 3.73. The predicted octanol–water partition coefficient (Wildman–Crippen LogP) is -0.678. The molecule has 90 valence electrons. The molecule has 3 amide bonds. The van der Waals surface area contributed by atoms with Gasteiger partial charge < -0.3 is 15.2 Å². The van der Waals surface area contributed by atoms with Gasteiger partial charge in [-0.1, -0.05) is 6.92 Å². The van der Waals surface area contributed by atoms with Gasteiger partial charge >= 0.3 is 12.0 Å². The Bertz CT molecular complexity index is 304. The molecule has 0 spiro atoms. The minimum Gasteiger partial charge on any atom is -0.480 e. The van der Waals surface area contributed by atoms with Crippen LogP contribution < -0.4 is 10.6 Å². The lowest BCUT2D eigenvalue weighted by atomic mass is 10.5. The Kier molecular flexibility index (Phi) is 4.24. The summed E-state index contributed by atoms with van der Waals surface area (Å²) in [5, 5.41) is 12.9. The van der Waals surface area contributed by atoms with Crippen molar-refractivity contribution in [1.82, 2.24) is 10.6 Å². The van der Waals surface area contributed by atoms with Gasteiger partial charge in [0.05, 0.1) is 0 Å². The average Bonchev–Trinajstić information content (AvgIpc) is 2.80. The van der Waals surface area contributed by atoms with Crippen molar-refractivity contribution in [3.05, 3.63) is 0 Å². The molecule has 0 bridgehead atoms. The summed E-state index contributed by atoms with van der Waals surface area (Å²) in [7, 11) is 0. The molecule has 0 saturated heterocycles. The minimum atomic E-state index is -1.16. The van der Waals surface area contributed by atoms with Gasteiger partial charge in [-0.2, -0.15) is 0 Å². The number of hydrogen-bond donors (Lipinski definition) is 3. The Labute approximate surface area is 92.1 Å². The van der Waals surface area contributed by atoms with E-state index < -0.39 is 31.1 Å². The number of hydrogen-bond acceptors (Lipinski definition) is 4. The summed E-state index contributed by atoms with van der Waals surface area (Å²) >= 11 is 0. The van der Waals surface area contributed by atoms with Gasteiger partial charge in [-0.05, 0) is 12.3 Å². The van der Waals surface area contributed by atoms with Crippen LogP contribution in [0.4, 0.5) is 4.79 Å². The summed E-state index contributed by atoms with van der Waals surface area (Å²) in [6.45, 7) is 0.984. The van der Waals surface area contributed by atoms with Gasteiger partial charge in [-0.15, -0.1) is 0 Å². The number of amides is 3. The van der Waals surface area contributed by atoms with Crippen LogP contribution in [0.15, 0.2) is 0 Å². The molecule has 0 aliphatic heterocycles. The van der Waals surface area contributed by atoms with Gasteiger partial charge in [0.1, 0.15) is 13.2 Å². The first-order chi connectivity index (χ1) is 7.49. The molecule has 0 radical (unpaired) electrons. The zero-order valence-electron chi connectivity index (χ0n) is 8.86. The van der Waals surface area contributed by atoms with Crippen LogP contribution in [0.2, 0.25) is 0 Å². The van der Waals surface area contributed by atoms with Crippen LogP contribution in [-0.2, 0) is 14.3 Å². The van der Waals surface area contributed by atoms with E-state index in [1.807, 2.05) is 12.2 Å². The van der Waals surface area contributed by atoms with Crippen molar-refractivity contribution in [2.24, 2.45) is 5.92 Å². The summed E-state index contributed by atoms with van der Waals surface area (Å²) < 4.78 is 4.51. The smallest absolute Gasteiger partial charge is 0.329 e. The fraction of sp³-hybridized carbons (Fsp3) is 0.667. The SMILES string of the molecule is CC1CC1NC(=O)NC(=O)COCC(=O)O. The number of carboxylic acids is 1. The largest absolute Gasteiger partial charge is 0.480 e. The molecule has 1 saturated carbocycles. The van der Waals surface area contributed by atoms with Crippen LogP contribution in [-0.4, -0.2) is 42.3 Å². The highest BCUT2D eigenvalue weighted by Crippen LogP contribution is 2.28. The standard InChI is InChI=1S/C9H14N2O5/c1-5-2-6(5)10-9(15)11-7(12)3-16-4-8(13)14/h5-6H,2-4H2,1H3,(H,13,14)(H2,10,11,12,15). The molecule has 0 aromatic carbocycles. The maximum atomic E-state index is 11.1. The predicted molar refractivity (Wildman–Crippen MR) is 52.7 cm³/mol. The van der Waals surface area contributed by atoms with E-state index in [1.54, 1.807) is 0 Å². The molecule has 1 rings (SSSR count). The third-order valence-electron chi connectivity index (χ3n) is 2.14. The molecule has 1 aliphatic carbocycles. The first kappa shape index (κ1) is 12.4. The zero-order valence-corrected chi connectivity index (χ0v) is 8.86. The summed E-state index contributed by atoms with van der Waals surface area (Å²) in [5.41, 5.74) is 0. The van der Waals surface area contributed by atoms with Gasteiger partial charge in [-0.25, -0.2) is 9.59 Å². The third kappa shape index (κ3) is 4.74. The number of carbonyl (C=O) groups is 3. The van der Waals surface area contributed by atoms with Crippen LogP contribution >= 0.6 is 0 Å². The molecular weight excluding hydrogens is 216 g/mol. The Morgan fingerprint density at radius 2 is 2.00 bits per heavy atom. The van der Waals surface area contributed by atoms with Gasteiger partial charge in [-0.3, -0.25) is 10.1 Å². The quantitative estimate of drug-likeness (QED) is 0.580. The lowest BCUT2D eigenvalue weighted by molar-refractivity contribution is -0.143. The Morgan fingerprint density at radius 3 is 2.50 bits per heavy atom. The van der Waals surface area contributed by atoms with Crippen molar-refractivity contribution in [2.45, 2.75) is 19.4 Å². The third-order valence-corrected chi connectivity index (χ3v) is 2.14. The fourth-order valence-corrected chi connectivity index (χ4v) is 1.12. The number of carbonyl (C=O) groups excluding carboxylic acids is 2. The van der Waals surface area contributed by atoms with Crippen LogP contribution in [0, 0.1) is 5.92 Å². The molecule has 0 aromatic heterocycles. The lowest BCUT2D eigenvalue weighted by Gasteiger charge is -2.05. The van der Waals surface area contributed by atoms with E-state index in [2.05, 4.69) is 10.1 Å². The van der Waals surface area contributed by atoms with E-state index in [4.69, 9.17) is 5.11 Å². The second kappa shape index (κ2) is 5.45. The molecule has 2 unspecified atom stereocenters. The number of nitrogens with one attached hydrogen (secondary N) is 2. The monoisotopic (exact) mass is 230 g/mol. The van der Waals surface area contributed by atoms with E-state index in [0.29, 0.717) is 5.92 Å².